The minimum Gasteiger partial charge on any atom is -0.344 e. The predicted octanol–water partition coefficient (Wildman–Crippen LogP) is 3.66. The van der Waals surface area contributed by atoms with Crippen molar-refractivity contribution >= 4 is 5.91 Å². The zero-order valence-electron chi connectivity index (χ0n) is 14.3. The van der Waals surface area contributed by atoms with Crippen LogP contribution in [0.25, 0.3) is 0 Å². The van der Waals surface area contributed by atoms with Crippen LogP contribution < -0.4 is 0 Å². The van der Waals surface area contributed by atoms with E-state index in [0.717, 1.165) is 38.8 Å². The average molecular weight is 309 g/mol. The van der Waals surface area contributed by atoms with Gasteiger partial charge in [-0.3, -0.25) is 4.79 Å². The van der Waals surface area contributed by atoms with Crippen molar-refractivity contribution in [1.82, 2.24) is 4.90 Å². The molecule has 0 aliphatic carbocycles. The van der Waals surface area contributed by atoms with Crippen LogP contribution in [0.4, 0.5) is 0 Å². The lowest BCUT2D eigenvalue weighted by Crippen LogP contribution is -2.34. The molecule has 2 saturated heterocycles. The van der Waals surface area contributed by atoms with Gasteiger partial charge in [0.15, 0.2) is 5.79 Å². The fourth-order valence-electron chi connectivity index (χ4n) is 3.24. The molecule has 4 heteroatoms. The van der Waals surface area contributed by atoms with Gasteiger partial charge in [-0.05, 0) is 45.6 Å². The maximum absolute atomic E-state index is 12.2. The summed E-state index contributed by atoms with van der Waals surface area (Å²) in [6, 6.07) is 0. The lowest BCUT2D eigenvalue weighted by molar-refractivity contribution is -0.143. The van der Waals surface area contributed by atoms with Crippen LogP contribution in [0.2, 0.25) is 0 Å². The summed E-state index contributed by atoms with van der Waals surface area (Å²) < 4.78 is 11.9. The van der Waals surface area contributed by atoms with Crippen LogP contribution >= 0.6 is 0 Å². The molecule has 2 rings (SSSR count). The van der Waals surface area contributed by atoms with Crippen molar-refractivity contribution in [2.45, 2.75) is 83.7 Å². The minimum atomic E-state index is -0.555. The summed E-state index contributed by atoms with van der Waals surface area (Å²) in [5.74, 6) is -0.444. The highest BCUT2D eigenvalue weighted by Gasteiger charge is 2.39. The quantitative estimate of drug-likeness (QED) is 0.555. The van der Waals surface area contributed by atoms with Crippen LogP contribution in [0.1, 0.15) is 65.7 Å². The van der Waals surface area contributed by atoms with Crippen LogP contribution in [0.5, 0.6) is 0 Å². The molecule has 0 N–H and O–H groups in total. The first kappa shape index (κ1) is 17.5. The molecule has 0 aromatic rings. The molecule has 2 atom stereocenters. The van der Waals surface area contributed by atoms with E-state index in [2.05, 4.69) is 6.92 Å². The van der Waals surface area contributed by atoms with Crippen molar-refractivity contribution in [2.75, 3.05) is 13.1 Å². The Labute approximate surface area is 134 Å². The van der Waals surface area contributed by atoms with Crippen LogP contribution in [0, 0.1) is 0 Å². The number of piperidine rings is 1. The lowest BCUT2D eigenvalue weighted by atomic mass is 10.1. The van der Waals surface area contributed by atoms with E-state index in [1.807, 2.05) is 24.8 Å². The summed E-state index contributed by atoms with van der Waals surface area (Å²) in [6.07, 6.45) is 11.6. The van der Waals surface area contributed by atoms with Crippen molar-refractivity contribution in [3.8, 4) is 0 Å². The molecule has 126 valence electrons. The predicted molar refractivity (Wildman–Crippen MR) is 87.5 cm³/mol. The zero-order valence-corrected chi connectivity index (χ0v) is 14.3. The third-order valence-corrected chi connectivity index (χ3v) is 4.41. The van der Waals surface area contributed by atoms with Gasteiger partial charge >= 0.3 is 0 Å². The van der Waals surface area contributed by atoms with E-state index in [1.165, 1.54) is 19.3 Å². The fraction of sp³-hybridized carbons (Fsp3) is 0.833. The molecule has 0 unspecified atom stereocenters. The highest BCUT2D eigenvalue weighted by atomic mass is 16.7. The maximum atomic E-state index is 12.2. The molecule has 0 aromatic heterocycles. The Morgan fingerprint density at radius 2 is 1.91 bits per heavy atom. The molecule has 4 nitrogen and oxygen atoms in total. The Hall–Kier alpha value is -0.870. The zero-order chi connectivity index (χ0) is 16.0. The highest BCUT2D eigenvalue weighted by molar-refractivity contribution is 5.87. The van der Waals surface area contributed by atoms with E-state index in [1.54, 1.807) is 6.08 Å². The summed E-state index contributed by atoms with van der Waals surface area (Å²) in [5, 5.41) is 0. The van der Waals surface area contributed by atoms with Gasteiger partial charge in [-0.25, -0.2) is 0 Å². The van der Waals surface area contributed by atoms with E-state index in [9.17, 15) is 4.79 Å². The molecule has 0 radical (unpaired) electrons. The second kappa shape index (κ2) is 8.11. The molecule has 0 saturated carbocycles. The second-order valence-corrected chi connectivity index (χ2v) is 6.88. The largest absolute Gasteiger partial charge is 0.344 e. The van der Waals surface area contributed by atoms with Gasteiger partial charge in [0.05, 0.1) is 6.10 Å². The monoisotopic (exact) mass is 309 g/mol. The highest BCUT2D eigenvalue weighted by Crippen LogP contribution is 2.31. The fourth-order valence-corrected chi connectivity index (χ4v) is 3.24. The molecule has 2 fully saturated rings. The van der Waals surface area contributed by atoms with E-state index >= 15 is 0 Å². The van der Waals surface area contributed by atoms with Crippen LogP contribution in [-0.2, 0) is 14.3 Å². The smallest absolute Gasteiger partial charge is 0.246 e. The number of nitrogens with zero attached hydrogens (tertiary/aromatic N) is 1. The molecule has 0 spiro atoms. The van der Waals surface area contributed by atoms with Crippen LogP contribution in [0.15, 0.2) is 12.2 Å². The molecule has 0 aromatic carbocycles. The average Bonchev–Trinajstić information content (AvgIpc) is 2.80. The molecule has 0 bridgehead atoms. The summed E-state index contributed by atoms with van der Waals surface area (Å²) >= 11 is 0. The van der Waals surface area contributed by atoms with Gasteiger partial charge in [0.25, 0.3) is 0 Å². The number of hydrogen-bond donors (Lipinski definition) is 0. The molecule has 22 heavy (non-hydrogen) atoms. The molecular weight excluding hydrogens is 278 g/mol. The first-order valence-electron chi connectivity index (χ1n) is 8.84. The Morgan fingerprint density at radius 1 is 1.18 bits per heavy atom. The Kier molecular flexibility index (Phi) is 6.45. The van der Waals surface area contributed by atoms with Gasteiger partial charge < -0.3 is 14.4 Å². The number of hydrogen-bond acceptors (Lipinski definition) is 3. The Balaban J connectivity index is 1.89. The number of carbonyl (C=O) groups is 1. The van der Waals surface area contributed by atoms with Crippen molar-refractivity contribution < 1.29 is 14.3 Å². The molecule has 2 aliphatic rings. The maximum Gasteiger partial charge on any atom is 0.246 e. The van der Waals surface area contributed by atoms with Crippen molar-refractivity contribution in [3.63, 3.8) is 0 Å². The van der Waals surface area contributed by atoms with Gasteiger partial charge in [-0.2, -0.15) is 0 Å². The normalized spacial score (nSPS) is 28.4. The van der Waals surface area contributed by atoms with Crippen molar-refractivity contribution in [2.24, 2.45) is 0 Å². The third-order valence-electron chi connectivity index (χ3n) is 4.41. The number of ether oxygens (including phenoxy) is 2. The van der Waals surface area contributed by atoms with Gasteiger partial charge in [-0.1, -0.05) is 26.2 Å². The number of carbonyl (C=O) groups excluding carboxylic acids is 1. The second-order valence-electron chi connectivity index (χ2n) is 6.88. The lowest BCUT2D eigenvalue weighted by Gasteiger charge is -2.25. The van der Waals surface area contributed by atoms with Gasteiger partial charge in [0.1, 0.15) is 6.10 Å². The van der Waals surface area contributed by atoms with Crippen molar-refractivity contribution in [3.05, 3.63) is 12.2 Å². The van der Waals surface area contributed by atoms with Crippen LogP contribution in [0.3, 0.4) is 0 Å². The Bertz CT molecular complexity index is 386. The summed E-state index contributed by atoms with van der Waals surface area (Å²) in [6.45, 7) is 7.86. The number of likely N-dealkylation sites (tertiary alicyclic amines) is 1. The molecule has 2 heterocycles. The summed E-state index contributed by atoms with van der Waals surface area (Å²) in [4.78, 5) is 14.2. The SMILES string of the molecule is CCCCC[C@H]1OC(C)(C)O[C@@H]1/C=C/C(=O)N1CCCCC1. The molecular formula is C18H31NO3. The number of amides is 1. The van der Waals surface area contributed by atoms with Crippen molar-refractivity contribution in [1.29, 1.82) is 0 Å². The van der Waals surface area contributed by atoms with Gasteiger partial charge in [-0.15, -0.1) is 0 Å². The summed E-state index contributed by atoms with van der Waals surface area (Å²) in [5.41, 5.74) is 0. The Morgan fingerprint density at radius 3 is 2.59 bits per heavy atom. The minimum absolute atomic E-state index is 0.0620. The first-order chi connectivity index (χ1) is 10.5. The van der Waals surface area contributed by atoms with E-state index in [-0.39, 0.29) is 18.1 Å². The number of unbranched alkanes of at least 4 members (excludes halogenated alkanes) is 2. The standard InChI is InChI=1S/C18H31NO3/c1-4-5-7-10-15-16(22-18(2,3)21-15)11-12-17(20)19-13-8-6-9-14-19/h11-12,15-16H,4-10,13-14H2,1-3H3/b12-11+/t15-,16-/m1/s1. The number of rotatable bonds is 6. The first-order valence-corrected chi connectivity index (χ1v) is 8.84. The van der Waals surface area contributed by atoms with E-state index in [4.69, 9.17) is 9.47 Å². The van der Waals surface area contributed by atoms with Gasteiger partial charge in [0.2, 0.25) is 5.91 Å². The topological polar surface area (TPSA) is 38.8 Å². The third kappa shape index (κ3) is 5.10. The summed E-state index contributed by atoms with van der Waals surface area (Å²) in [7, 11) is 0. The molecule has 1 amide bonds. The molecule has 2 aliphatic heterocycles. The van der Waals surface area contributed by atoms with E-state index < -0.39 is 5.79 Å². The van der Waals surface area contributed by atoms with E-state index in [0.29, 0.717) is 0 Å². The van der Waals surface area contributed by atoms with Gasteiger partial charge in [0, 0.05) is 19.2 Å². The van der Waals surface area contributed by atoms with Crippen LogP contribution in [-0.4, -0.2) is 41.9 Å².